The van der Waals surface area contributed by atoms with E-state index >= 15 is 0 Å². The summed E-state index contributed by atoms with van der Waals surface area (Å²) < 4.78 is 11.9. The highest BCUT2D eigenvalue weighted by molar-refractivity contribution is 5.85. The molecule has 8 nitrogen and oxygen atoms in total. The van der Waals surface area contributed by atoms with E-state index in [1.165, 1.54) is 10.9 Å². The first-order chi connectivity index (χ1) is 13.2. The van der Waals surface area contributed by atoms with Crippen LogP contribution in [0.3, 0.4) is 0 Å². The number of benzene rings is 2. The maximum absolute atomic E-state index is 12.0. The largest absolute Gasteiger partial charge is 0.497 e. The standard InChI is InChI=1S/C19H19N5O3/c1-26-16-9-8-15(18(10-16)27-2)11-20-22-19(25)13-24-12-17(21-23-24)14-6-4-3-5-7-14/h3-12H,13H2,1-2H3,(H,22,25). The number of methoxy groups -OCH3 is 2. The first-order valence-corrected chi connectivity index (χ1v) is 8.19. The number of hydrogen-bond donors (Lipinski definition) is 1. The molecular weight excluding hydrogens is 346 g/mol. The van der Waals surface area contributed by atoms with Gasteiger partial charge in [0.15, 0.2) is 0 Å². The van der Waals surface area contributed by atoms with Gasteiger partial charge in [-0.15, -0.1) is 5.10 Å². The van der Waals surface area contributed by atoms with Crippen molar-refractivity contribution in [2.75, 3.05) is 14.2 Å². The molecule has 0 aliphatic heterocycles. The molecule has 1 N–H and O–H groups in total. The highest BCUT2D eigenvalue weighted by Gasteiger charge is 2.07. The molecule has 2 aromatic carbocycles. The monoisotopic (exact) mass is 365 g/mol. The van der Waals surface area contributed by atoms with Crippen molar-refractivity contribution in [3.05, 3.63) is 60.3 Å². The van der Waals surface area contributed by atoms with Gasteiger partial charge in [0.1, 0.15) is 23.7 Å². The quantitative estimate of drug-likeness (QED) is 0.512. The van der Waals surface area contributed by atoms with E-state index in [-0.39, 0.29) is 12.5 Å². The third kappa shape index (κ3) is 4.69. The molecule has 0 aliphatic rings. The van der Waals surface area contributed by atoms with Crippen LogP contribution in [0, 0.1) is 0 Å². The zero-order valence-electron chi connectivity index (χ0n) is 15.0. The molecule has 1 aromatic heterocycles. The lowest BCUT2D eigenvalue weighted by atomic mass is 10.2. The molecule has 0 bridgehead atoms. The van der Waals surface area contributed by atoms with Gasteiger partial charge >= 0.3 is 0 Å². The summed E-state index contributed by atoms with van der Waals surface area (Å²) in [5.74, 6) is 0.952. The Morgan fingerprint density at radius 2 is 2.00 bits per heavy atom. The van der Waals surface area contributed by atoms with E-state index in [0.717, 1.165) is 5.56 Å². The number of amides is 1. The Hall–Kier alpha value is -3.68. The van der Waals surface area contributed by atoms with Crippen molar-refractivity contribution >= 4 is 12.1 Å². The normalized spacial score (nSPS) is 10.7. The summed E-state index contributed by atoms with van der Waals surface area (Å²) in [4.78, 5) is 12.0. The van der Waals surface area contributed by atoms with Gasteiger partial charge in [-0.2, -0.15) is 5.10 Å². The summed E-state index contributed by atoms with van der Waals surface area (Å²) in [5.41, 5.74) is 4.82. The average molecular weight is 365 g/mol. The van der Waals surface area contributed by atoms with Gasteiger partial charge in [-0.25, -0.2) is 10.1 Å². The third-order valence-corrected chi connectivity index (χ3v) is 3.75. The second kappa shape index (κ2) is 8.61. The maximum atomic E-state index is 12.0. The van der Waals surface area contributed by atoms with E-state index in [9.17, 15) is 4.79 Å². The Balaban J connectivity index is 1.59. The van der Waals surface area contributed by atoms with Crippen LogP contribution in [0.1, 0.15) is 5.56 Å². The van der Waals surface area contributed by atoms with Crippen LogP contribution in [0.15, 0.2) is 59.8 Å². The SMILES string of the molecule is COc1ccc(C=NNC(=O)Cn2cc(-c3ccccc3)nn2)c(OC)c1. The smallest absolute Gasteiger partial charge is 0.261 e. The maximum Gasteiger partial charge on any atom is 0.261 e. The molecule has 0 aliphatic carbocycles. The molecule has 27 heavy (non-hydrogen) atoms. The van der Waals surface area contributed by atoms with Gasteiger partial charge < -0.3 is 9.47 Å². The fraction of sp³-hybridized carbons (Fsp3) is 0.158. The number of nitrogens with zero attached hydrogens (tertiary/aromatic N) is 4. The molecule has 0 unspecified atom stereocenters. The second-order valence-corrected chi connectivity index (χ2v) is 5.57. The number of carbonyl (C=O) groups excluding carboxylic acids is 1. The van der Waals surface area contributed by atoms with Gasteiger partial charge in [0.05, 0.1) is 26.6 Å². The molecule has 0 fully saturated rings. The van der Waals surface area contributed by atoms with Crippen molar-refractivity contribution in [1.82, 2.24) is 20.4 Å². The molecule has 0 radical (unpaired) electrons. The van der Waals surface area contributed by atoms with Crippen LogP contribution in [0.5, 0.6) is 11.5 Å². The fourth-order valence-electron chi connectivity index (χ4n) is 2.40. The first kappa shape index (κ1) is 18.1. The van der Waals surface area contributed by atoms with Gasteiger partial charge in [-0.1, -0.05) is 35.5 Å². The number of aromatic nitrogens is 3. The summed E-state index contributed by atoms with van der Waals surface area (Å²) >= 11 is 0. The Morgan fingerprint density at radius 1 is 1.19 bits per heavy atom. The zero-order chi connectivity index (χ0) is 19.1. The zero-order valence-corrected chi connectivity index (χ0v) is 15.0. The van der Waals surface area contributed by atoms with Gasteiger partial charge in [-0.05, 0) is 12.1 Å². The predicted octanol–water partition coefficient (Wildman–Crippen LogP) is 2.11. The lowest BCUT2D eigenvalue weighted by Gasteiger charge is -2.06. The first-order valence-electron chi connectivity index (χ1n) is 8.19. The molecule has 8 heteroatoms. The third-order valence-electron chi connectivity index (χ3n) is 3.75. The van der Waals surface area contributed by atoms with Crippen molar-refractivity contribution in [2.24, 2.45) is 5.10 Å². The van der Waals surface area contributed by atoms with E-state index in [1.54, 1.807) is 38.6 Å². The number of nitrogens with one attached hydrogen (secondary N) is 1. The minimum Gasteiger partial charge on any atom is -0.497 e. The van der Waals surface area contributed by atoms with Crippen molar-refractivity contribution in [2.45, 2.75) is 6.54 Å². The number of carbonyl (C=O) groups is 1. The number of rotatable bonds is 7. The van der Waals surface area contributed by atoms with Crippen LogP contribution in [-0.4, -0.2) is 41.3 Å². The molecule has 3 rings (SSSR count). The topological polar surface area (TPSA) is 90.6 Å². The number of ether oxygens (including phenoxy) is 2. The van der Waals surface area contributed by atoms with Crippen molar-refractivity contribution in [3.63, 3.8) is 0 Å². The molecular formula is C19H19N5O3. The van der Waals surface area contributed by atoms with Crippen LogP contribution < -0.4 is 14.9 Å². The van der Waals surface area contributed by atoms with E-state index < -0.39 is 0 Å². The van der Waals surface area contributed by atoms with Gasteiger partial charge in [-0.3, -0.25) is 4.79 Å². The molecule has 0 spiro atoms. The predicted molar refractivity (Wildman–Crippen MR) is 101 cm³/mol. The molecule has 0 saturated heterocycles. The van der Waals surface area contributed by atoms with E-state index in [4.69, 9.17) is 9.47 Å². The summed E-state index contributed by atoms with van der Waals surface area (Å²) in [6.07, 6.45) is 3.22. The highest BCUT2D eigenvalue weighted by Crippen LogP contribution is 2.23. The molecule has 1 heterocycles. The van der Waals surface area contributed by atoms with Crippen LogP contribution in [-0.2, 0) is 11.3 Å². The second-order valence-electron chi connectivity index (χ2n) is 5.57. The highest BCUT2D eigenvalue weighted by atomic mass is 16.5. The lowest BCUT2D eigenvalue weighted by Crippen LogP contribution is -2.23. The van der Waals surface area contributed by atoms with Gasteiger partial charge in [0.25, 0.3) is 5.91 Å². The lowest BCUT2D eigenvalue weighted by molar-refractivity contribution is -0.121. The Labute approximate surface area is 156 Å². The fourth-order valence-corrected chi connectivity index (χ4v) is 2.40. The Kier molecular flexibility index (Phi) is 5.78. The minimum atomic E-state index is -0.316. The van der Waals surface area contributed by atoms with Crippen LogP contribution in [0.25, 0.3) is 11.3 Å². The van der Waals surface area contributed by atoms with Crippen LogP contribution in [0.2, 0.25) is 0 Å². The molecule has 1 amide bonds. The van der Waals surface area contributed by atoms with E-state index in [2.05, 4.69) is 20.8 Å². The number of hydrogen-bond acceptors (Lipinski definition) is 6. The summed E-state index contributed by atoms with van der Waals surface area (Å²) in [6.45, 7) is 0.0108. The van der Waals surface area contributed by atoms with Crippen LogP contribution in [0.4, 0.5) is 0 Å². The average Bonchev–Trinajstić information content (AvgIpc) is 3.17. The Bertz CT molecular complexity index is 938. The van der Waals surface area contributed by atoms with E-state index in [1.807, 2.05) is 30.3 Å². The molecule has 3 aromatic rings. The van der Waals surface area contributed by atoms with Crippen LogP contribution >= 0.6 is 0 Å². The summed E-state index contributed by atoms with van der Waals surface area (Å²) in [6, 6.07) is 14.9. The summed E-state index contributed by atoms with van der Waals surface area (Å²) in [7, 11) is 3.13. The summed E-state index contributed by atoms with van der Waals surface area (Å²) in [5, 5.41) is 12.0. The van der Waals surface area contributed by atoms with Crippen molar-refractivity contribution in [3.8, 4) is 22.8 Å². The van der Waals surface area contributed by atoms with E-state index in [0.29, 0.717) is 22.8 Å². The minimum absolute atomic E-state index is 0.0108. The number of hydrazone groups is 1. The van der Waals surface area contributed by atoms with Crippen molar-refractivity contribution in [1.29, 1.82) is 0 Å². The van der Waals surface area contributed by atoms with Crippen molar-refractivity contribution < 1.29 is 14.3 Å². The molecule has 0 saturated carbocycles. The van der Waals surface area contributed by atoms with Gasteiger partial charge in [0.2, 0.25) is 0 Å². The Morgan fingerprint density at radius 3 is 2.74 bits per heavy atom. The molecule has 0 atom stereocenters. The van der Waals surface area contributed by atoms with Gasteiger partial charge in [0, 0.05) is 17.2 Å². The molecule has 138 valence electrons.